The van der Waals surface area contributed by atoms with Gasteiger partial charge in [-0.25, -0.2) is 0 Å². The van der Waals surface area contributed by atoms with Gasteiger partial charge in [-0.1, -0.05) is 0 Å². The SMILES string of the molecule is COC(=O)CC(C)Nc1cc(OC)ccc1OC. The van der Waals surface area contributed by atoms with Crippen molar-refractivity contribution in [2.75, 3.05) is 26.6 Å². The topological polar surface area (TPSA) is 56.8 Å². The summed E-state index contributed by atoms with van der Waals surface area (Å²) < 4.78 is 15.0. The van der Waals surface area contributed by atoms with Crippen LogP contribution >= 0.6 is 0 Å². The number of carbonyl (C=O) groups excluding carboxylic acids is 1. The van der Waals surface area contributed by atoms with E-state index in [1.54, 1.807) is 14.2 Å². The second-order valence-corrected chi connectivity index (χ2v) is 3.89. The Kier molecular flexibility index (Phi) is 5.30. The number of hydrogen-bond donors (Lipinski definition) is 1. The first-order valence-electron chi connectivity index (χ1n) is 5.66. The van der Waals surface area contributed by atoms with Crippen molar-refractivity contribution in [2.45, 2.75) is 19.4 Å². The smallest absolute Gasteiger partial charge is 0.307 e. The summed E-state index contributed by atoms with van der Waals surface area (Å²) in [5.74, 6) is 1.17. The van der Waals surface area contributed by atoms with E-state index in [1.165, 1.54) is 7.11 Å². The maximum absolute atomic E-state index is 11.2. The molecule has 0 bridgehead atoms. The second-order valence-electron chi connectivity index (χ2n) is 3.89. The van der Waals surface area contributed by atoms with Crippen molar-refractivity contribution in [3.8, 4) is 11.5 Å². The van der Waals surface area contributed by atoms with E-state index in [4.69, 9.17) is 9.47 Å². The van der Waals surface area contributed by atoms with E-state index < -0.39 is 0 Å². The number of carbonyl (C=O) groups is 1. The zero-order valence-electron chi connectivity index (χ0n) is 11.1. The van der Waals surface area contributed by atoms with Gasteiger partial charge in [0.1, 0.15) is 11.5 Å². The van der Waals surface area contributed by atoms with E-state index in [1.807, 2.05) is 25.1 Å². The van der Waals surface area contributed by atoms with Gasteiger partial charge in [0.15, 0.2) is 0 Å². The van der Waals surface area contributed by atoms with Crippen LogP contribution in [0.25, 0.3) is 0 Å². The van der Waals surface area contributed by atoms with Gasteiger partial charge in [-0.3, -0.25) is 4.79 Å². The maximum atomic E-state index is 11.2. The third kappa shape index (κ3) is 3.84. The molecule has 5 nitrogen and oxygen atoms in total. The number of hydrogen-bond acceptors (Lipinski definition) is 5. The predicted molar refractivity (Wildman–Crippen MR) is 69.3 cm³/mol. The van der Waals surface area contributed by atoms with Crippen LogP contribution in [0.2, 0.25) is 0 Å². The molecule has 0 fully saturated rings. The first-order chi connectivity index (χ1) is 8.60. The molecular weight excluding hydrogens is 234 g/mol. The van der Waals surface area contributed by atoms with Gasteiger partial charge in [-0.2, -0.15) is 0 Å². The molecular formula is C13H19NO4. The number of benzene rings is 1. The molecule has 0 amide bonds. The zero-order chi connectivity index (χ0) is 13.5. The summed E-state index contributed by atoms with van der Waals surface area (Å²) in [5.41, 5.74) is 0.785. The minimum atomic E-state index is -0.253. The predicted octanol–water partition coefficient (Wildman–Crippen LogP) is 2.07. The number of rotatable bonds is 6. The first-order valence-corrected chi connectivity index (χ1v) is 5.66. The molecule has 1 N–H and O–H groups in total. The highest BCUT2D eigenvalue weighted by Crippen LogP contribution is 2.29. The fraction of sp³-hybridized carbons (Fsp3) is 0.462. The number of esters is 1. The average Bonchev–Trinajstić information content (AvgIpc) is 2.38. The molecule has 0 aromatic heterocycles. The minimum Gasteiger partial charge on any atom is -0.497 e. The summed E-state index contributed by atoms with van der Waals surface area (Å²) >= 11 is 0. The van der Waals surface area contributed by atoms with Gasteiger partial charge < -0.3 is 19.5 Å². The first kappa shape index (κ1) is 14.2. The molecule has 0 spiro atoms. The molecule has 18 heavy (non-hydrogen) atoms. The Hall–Kier alpha value is -1.91. The Bertz CT molecular complexity index is 406. The average molecular weight is 253 g/mol. The lowest BCUT2D eigenvalue weighted by Gasteiger charge is -2.17. The van der Waals surface area contributed by atoms with Crippen LogP contribution in [0.3, 0.4) is 0 Å². The number of ether oxygens (including phenoxy) is 3. The van der Waals surface area contributed by atoms with Gasteiger partial charge in [0, 0.05) is 12.1 Å². The van der Waals surface area contributed by atoms with Crippen molar-refractivity contribution in [2.24, 2.45) is 0 Å². The number of anilines is 1. The highest BCUT2D eigenvalue weighted by Gasteiger charge is 2.12. The van der Waals surface area contributed by atoms with Crippen molar-refractivity contribution in [3.63, 3.8) is 0 Å². The molecule has 0 aliphatic carbocycles. The third-order valence-electron chi connectivity index (χ3n) is 2.51. The molecule has 0 radical (unpaired) electrons. The summed E-state index contributed by atoms with van der Waals surface area (Å²) in [5, 5.41) is 3.20. The van der Waals surface area contributed by atoms with E-state index in [2.05, 4.69) is 10.1 Å². The standard InChI is InChI=1S/C13H19NO4/c1-9(7-13(15)18-4)14-11-8-10(16-2)5-6-12(11)17-3/h5-6,8-9,14H,7H2,1-4H3. The summed E-state index contributed by atoms with van der Waals surface area (Å²) in [6, 6.07) is 5.40. The summed E-state index contributed by atoms with van der Waals surface area (Å²) in [6.45, 7) is 1.90. The minimum absolute atomic E-state index is 0.0570. The van der Waals surface area contributed by atoms with Crippen LogP contribution in [-0.4, -0.2) is 33.3 Å². The molecule has 100 valence electrons. The zero-order valence-corrected chi connectivity index (χ0v) is 11.1. The molecule has 0 heterocycles. The third-order valence-corrected chi connectivity index (χ3v) is 2.51. The Morgan fingerprint density at radius 1 is 1.28 bits per heavy atom. The highest BCUT2D eigenvalue weighted by molar-refractivity contribution is 5.71. The molecule has 0 aliphatic rings. The fourth-order valence-electron chi connectivity index (χ4n) is 1.58. The van der Waals surface area contributed by atoms with Crippen molar-refractivity contribution >= 4 is 11.7 Å². The monoisotopic (exact) mass is 253 g/mol. The Morgan fingerprint density at radius 3 is 2.56 bits per heavy atom. The Morgan fingerprint density at radius 2 is 2.00 bits per heavy atom. The van der Waals surface area contributed by atoms with Crippen molar-refractivity contribution in [1.29, 1.82) is 0 Å². The summed E-state index contributed by atoms with van der Waals surface area (Å²) in [7, 11) is 4.57. The van der Waals surface area contributed by atoms with Crippen LogP contribution in [0.15, 0.2) is 18.2 Å². The van der Waals surface area contributed by atoms with E-state index in [9.17, 15) is 4.79 Å². The van der Waals surface area contributed by atoms with Crippen molar-refractivity contribution in [1.82, 2.24) is 0 Å². The van der Waals surface area contributed by atoms with Gasteiger partial charge >= 0.3 is 5.97 Å². The van der Waals surface area contributed by atoms with E-state index in [-0.39, 0.29) is 18.4 Å². The molecule has 0 saturated heterocycles. The lowest BCUT2D eigenvalue weighted by molar-refractivity contribution is -0.140. The number of nitrogens with one attached hydrogen (secondary N) is 1. The lowest BCUT2D eigenvalue weighted by Crippen LogP contribution is -2.20. The van der Waals surface area contributed by atoms with Crippen molar-refractivity contribution in [3.05, 3.63) is 18.2 Å². The summed E-state index contributed by atoms with van der Waals surface area (Å²) in [6.07, 6.45) is 0.289. The van der Waals surface area contributed by atoms with E-state index in [0.717, 1.165) is 11.4 Å². The van der Waals surface area contributed by atoms with Gasteiger partial charge in [0.2, 0.25) is 0 Å². The van der Waals surface area contributed by atoms with Gasteiger partial charge in [0.05, 0.1) is 33.4 Å². The van der Waals surface area contributed by atoms with Crippen LogP contribution in [0.4, 0.5) is 5.69 Å². The van der Waals surface area contributed by atoms with Crippen LogP contribution in [-0.2, 0) is 9.53 Å². The molecule has 5 heteroatoms. The lowest BCUT2D eigenvalue weighted by atomic mass is 10.2. The molecule has 1 aromatic rings. The molecule has 0 aliphatic heterocycles. The van der Waals surface area contributed by atoms with Gasteiger partial charge in [0.25, 0.3) is 0 Å². The number of methoxy groups -OCH3 is 3. The molecule has 1 rings (SSSR count). The van der Waals surface area contributed by atoms with Crippen LogP contribution in [0, 0.1) is 0 Å². The normalized spacial score (nSPS) is 11.6. The molecule has 0 saturated carbocycles. The second kappa shape index (κ2) is 6.74. The van der Waals surface area contributed by atoms with Crippen LogP contribution < -0.4 is 14.8 Å². The van der Waals surface area contributed by atoms with Crippen LogP contribution in [0.5, 0.6) is 11.5 Å². The highest BCUT2D eigenvalue weighted by atomic mass is 16.5. The van der Waals surface area contributed by atoms with Crippen LogP contribution in [0.1, 0.15) is 13.3 Å². The maximum Gasteiger partial charge on any atom is 0.307 e. The van der Waals surface area contributed by atoms with E-state index >= 15 is 0 Å². The van der Waals surface area contributed by atoms with Crippen molar-refractivity contribution < 1.29 is 19.0 Å². The van der Waals surface area contributed by atoms with E-state index in [0.29, 0.717) is 5.75 Å². The largest absolute Gasteiger partial charge is 0.497 e. The molecule has 1 atom stereocenters. The Labute approximate surface area is 107 Å². The quantitative estimate of drug-likeness (QED) is 0.786. The molecule has 1 aromatic carbocycles. The fourth-order valence-corrected chi connectivity index (χ4v) is 1.58. The van der Waals surface area contributed by atoms with Gasteiger partial charge in [-0.15, -0.1) is 0 Å². The Balaban J connectivity index is 2.78. The van der Waals surface area contributed by atoms with Gasteiger partial charge in [-0.05, 0) is 19.1 Å². The molecule has 1 unspecified atom stereocenters. The summed E-state index contributed by atoms with van der Waals surface area (Å²) in [4.78, 5) is 11.2.